The maximum atomic E-state index is 13.1. The largest absolute Gasteiger partial charge is 0.436 e. The molecule has 226 valence electrons. The molecular formula is C26H31F3N8O5. The number of carbonyl (C=O) groups is 3. The van der Waals surface area contributed by atoms with Gasteiger partial charge in [-0.3, -0.25) is 14.4 Å². The molecule has 16 heteroatoms. The lowest BCUT2D eigenvalue weighted by atomic mass is 10.1. The monoisotopic (exact) mass is 592 g/mol. The first-order chi connectivity index (χ1) is 19.7. The molecule has 0 aliphatic heterocycles. The minimum Gasteiger partial charge on any atom is -0.436 e. The topological polar surface area (TPSA) is 155 Å². The first kappa shape index (κ1) is 31.8. The van der Waals surface area contributed by atoms with Crippen molar-refractivity contribution in [3.05, 3.63) is 58.7 Å². The number of likely N-dealkylation sites (N-methyl/N-ethyl adjacent to an activating group) is 1. The Labute approximate surface area is 238 Å². The number of aromatic nitrogens is 5. The van der Waals surface area contributed by atoms with Gasteiger partial charge in [0.1, 0.15) is 23.4 Å². The van der Waals surface area contributed by atoms with Gasteiger partial charge < -0.3 is 29.4 Å². The number of rotatable bonds is 11. The van der Waals surface area contributed by atoms with Gasteiger partial charge in [-0.05, 0) is 31.1 Å². The summed E-state index contributed by atoms with van der Waals surface area (Å²) in [6, 6.07) is 2.88. The van der Waals surface area contributed by atoms with Crippen molar-refractivity contribution in [1.29, 1.82) is 0 Å². The van der Waals surface area contributed by atoms with E-state index in [1.165, 1.54) is 48.0 Å². The molecule has 3 heterocycles. The third-order valence-corrected chi connectivity index (χ3v) is 5.86. The minimum absolute atomic E-state index is 0.0420. The van der Waals surface area contributed by atoms with E-state index in [0.717, 1.165) is 11.2 Å². The molecule has 0 fully saturated rings. The van der Waals surface area contributed by atoms with Crippen molar-refractivity contribution in [3.8, 4) is 0 Å². The van der Waals surface area contributed by atoms with Gasteiger partial charge >= 0.3 is 12.3 Å². The third-order valence-electron chi connectivity index (χ3n) is 5.86. The molecule has 0 aliphatic rings. The molecule has 3 aromatic rings. The Morgan fingerprint density at radius 3 is 2.57 bits per heavy atom. The van der Waals surface area contributed by atoms with Gasteiger partial charge in [-0.15, -0.1) is 0 Å². The standard InChI is InChI=1S/C26H31F3N8O5/c1-35(2)20(38)10-6-5-9-18(42-25(41)36(3)4)23(39)32-17-8-7-13-37(24(17)40)14-19-33-21-16(11-12-26(27,28)29)30-15-31-22(21)34-19/h6-8,10,13,15,18H,5,9,11-12,14H2,1-4H3,(H,32,39)(H,30,31,33,34)/b10-6+/t18-/m0/s1. The zero-order chi connectivity index (χ0) is 31.0. The number of alkyl halides is 3. The molecule has 0 saturated carbocycles. The molecule has 0 bridgehead atoms. The molecule has 0 saturated heterocycles. The Kier molecular flexibility index (Phi) is 10.4. The lowest BCUT2D eigenvalue weighted by Crippen LogP contribution is -2.37. The number of anilines is 1. The van der Waals surface area contributed by atoms with E-state index in [0.29, 0.717) is 0 Å². The van der Waals surface area contributed by atoms with Crippen LogP contribution in [0.5, 0.6) is 0 Å². The molecule has 3 aromatic heterocycles. The Bertz CT molecular complexity index is 1510. The Hall–Kier alpha value is -4.76. The van der Waals surface area contributed by atoms with Crippen LogP contribution >= 0.6 is 0 Å². The van der Waals surface area contributed by atoms with Gasteiger partial charge in [-0.25, -0.2) is 19.7 Å². The molecular weight excluding hydrogens is 561 g/mol. The third kappa shape index (κ3) is 8.87. The summed E-state index contributed by atoms with van der Waals surface area (Å²) in [5.74, 6) is -0.762. The Morgan fingerprint density at radius 1 is 1.17 bits per heavy atom. The number of aryl methyl sites for hydroxylation is 1. The van der Waals surface area contributed by atoms with Gasteiger partial charge in [0.05, 0.1) is 12.2 Å². The van der Waals surface area contributed by atoms with Gasteiger partial charge in [0.2, 0.25) is 5.91 Å². The quantitative estimate of drug-likeness (QED) is 0.322. The normalized spacial score (nSPS) is 12.4. The van der Waals surface area contributed by atoms with Gasteiger partial charge in [-0.2, -0.15) is 13.2 Å². The van der Waals surface area contributed by atoms with E-state index in [1.54, 1.807) is 20.2 Å². The van der Waals surface area contributed by atoms with E-state index in [4.69, 9.17) is 4.74 Å². The molecule has 42 heavy (non-hydrogen) atoms. The van der Waals surface area contributed by atoms with Crippen molar-refractivity contribution in [2.45, 2.75) is 44.5 Å². The van der Waals surface area contributed by atoms with E-state index in [-0.39, 0.29) is 60.1 Å². The molecule has 0 aliphatic carbocycles. The molecule has 0 radical (unpaired) electrons. The SMILES string of the molecule is CN(C)C(=O)/C=C/CC[C@H](OC(=O)N(C)C)C(=O)Nc1cccn(Cc2nc3ncnc(CCC(F)(F)F)c3[nH]2)c1=O. The summed E-state index contributed by atoms with van der Waals surface area (Å²) in [6.07, 6.45) is -2.10. The number of nitrogens with one attached hydrogen (secondary N) is 2. The number of ether oxygens (including phenoxy) is 1. The summed E-state index contributed by atoms with van der Waals surface area (Å²) in [4.78, 5) is 67.7. The van der Waals surface area contributed by atoms with Gasteiger partial charge in [-0.1, -0.05) is 6.08 Å². The van der Waals surface area contributed by atoms with E-state index >= 15 is 0 Å². The molecule has 13 nitrogen and oxygen atoms in total. The van der Waals surface area contributed by atoms with Gasteiger partial charge in [0.25, 0.3) is 11.5 Å². The summed E-state index contributed by atoms with van der Waals surface area (Å²) >= 11 is 0. The predicted octanol–water partition coefficient (Wildman–Crippen LogP) is 2.49. The van der Waals surface area contributed by atoms with E-state index in [2.05, 4.69) is 25.3 Å². The zero-order valence-electron chi connectivity index (χ0n) is 23.4. The van der Waals surface area contributed by atoms with Crippen LogP contribution in [0.4, 0.5) is 23.7 Å². The van der Waals surface area contributed by atoms with Crippen molar-refractivity contribution in [1.82, 2.24) is 34.3 Å². The van der Waals surface area contributed by atoms with Crippen LogP contribution in [0.15, 0.2) is 41.6 Å². The van der Waals surface area contributed by atoms with E-state index < -0.39 is 36.3 Å². The number of allylic oxidation sites excluding steroid dienone is 1. The highest BCUT2D eigenvalue weighted by atomic mass is 19.4. The number of imidazole rings is 1. The zero-order valence-corrected chi connectivity index (χ0v) is 23.4. The number of hydrogen-bond donors (Lipinski definition) is 2. The number of H-pyrrole nitrogens is 1. The van der Waals surface area contributed by atoms with Crippen LogP contribution in [0.3, 0.4) is 0 Å². The van der Waals surface area contributed by atoms with Crippen molar-refractivity contribution in [3.63, 3.8) is 0 Å². The second-order valence-electron chi connectivity index (χ2n) is 9.64. The van der Waals surface area contributed by atoms with Gasteiger partial charge in [0.15, 0.2) is 11.8 Å². The number of hydrogen-bond acceptors (Lipinski definition) is 8. The average molecular weight is 593 g/mol. The highest BCUT2D eigenvalue weighted by Crippen LogP contribution is 2.23. The molecule has 0 unspecified atom stereocenters. The second kappa shape index (κ2) is 13.7. The molecule has 1 atom stereocenters. The van der Waals surface area contributed by atoms with Crippen LogP contribution in [0.1, 0.15) is 30.8 Å². The Balaban J connectivity index is 1.76. The fraction of sp³-hybridized carbons (Fsp3) is 0.423. The highest BCUT2D eigenvalue weighted by Gasteiger charge is 2.28. The number of aromatic amines is 1. The summed E-state index contributed by atoms with van der Waals surface area (Å²) in [5.41, 5.74) is -0.177. The van der Waals surface area contributed by atoms with Crippen LogP contribution in [0, 0.1) is 0 Å². The number of amides is 3. The van der Waals surface area contributed by atoms with E-state index in [1.807, 2.05) is 0 Å². The number of halogens is 3. The summed E-state index contributed by atoms with van der Waals surface area (Å²) < 4.78 is 44.6. The maximum Gasteiger partial charge on any atom is 0.410 e. The van der Waals surface area contributed by atoms with Crippen LogP contribution in [0.2, 0.25) is 0 Å². The van der Waals surface area contributed by atoms with Crippen LogP contribution in [-0.2, 0) is 27.3 Å². The van der Waals surface area contributed by atoms with Crippen LogP contribution < -0.4 is 10.9 Å². The number of pyridine rings is 1. The smallest absolute Gasteiger partial charge is 0.410 e. The molecule has 3 amide bonds. The fourth-order valence-electron chi connectivity index (χ4n) is 3.63. The molecule has 3 rings (SSSR count). The summed E-state index contributed by atoms with van der Waals surface area (Å²) in [6.45, 7) is -0.110. The lowest BCUT2D eigenvalue weighted by molar-refractivity contribution is -0.134. The van der Waals surface area contributed by atoms with E-state index in [9.17, 15) is 32.3 Å². The molecule has 0 spiro atoms. The molecule has 0 aromatic carbocycles. The highest BCUT2D eigenvalue weighted by molar-refractivity contribution is 5.95. The second-order valence-corrected chi connectivity index (χ2v) is 9.64. The average Bonchev–Trinajstić information content (AvgIpc) is 3.33. The van der Waals surface area contributed by atoms with Crippen LogP contribution in [-0.4, -0.2) is 92.7 Å². The number of nitrogens with zero attached hydrogens (tertiary/aromatic N) is 6. The fourth-order valence-corrected chi connectivity index (χ4v) is 3.63. The minimum atomic E-state index is -4.36. The predicted molar refractivity (Wildman–Crippen MR) is 146 cm³/mol. The Morgan fingerprint density at radius 2 is 1.90 bits per heavy atom. The van der Waals surface area contributed by atoms with Crippen molar-refractivity contribution < 1.29 is 32.3 Å². The number of fused-ring (bicyclic) bond motifs is 1. The molecule has 2 N–H and O–H groups in total. The maximum absolute atomic E-state index is 13.1. The van der Waals surface area contributed by atoms with Crippen LogP contribution in [0.25, 0.3) is 11.2 Å². The first-order valence-corrected chi connectivity index (χ1v) is 12.8. The first-order valence-electron chi connectivity index (χ1n) is 12.8. The van der Waals surface area contributed by atoms with Crippen molar-refractivity contribution in [2.75, 3.05) is 33.5 Å². The van der Waals surface area contributed by atoms with Crippen molar-refractivity contribution >= 4 is 34.8 Å². The summed E-state index contributed by atoms with van der Waals surface area (Å²) in [7, 11) is 6.08. The van der Waals surface area contributed by atoms with Crippen molar-refractivity contribution in [2.24, 2.45) is 0 Å². The van der Waals surface area contributed by atoms with Gasteiger partial charge in [0, 0.05) is 47.2 Å². The number of carbonyl (C=O) groups excluding carboxylic acids is 3. The summed E-state index contributed by atoms with van der Waals surface area (Å²) in [5, 5.41) is 2.49. The lowest BCUT2D eigenvalue weighted by Gasteiger charge is -2.19.